The van der Waals surface area contributed by atoms with E-state index in [1.807, 2.05) is 30.3 Å². The van der Waals surface area contributed by atoms with E-state index in [9.17, 15) is 13.6 Å². The number of nitrogens with zero attached hydrogens (tertiary/aromatic N) is 2. The lowest BCUT2D eigenvalue weighted by Gasteiger charge is -2.40. The van der Waals surface area contributed by atoms with Crippen molar-refractivity contribution in [3.05, 3.63) is 59.7 Å². The van der Waals surface area contributed by atoms with Crippen molar-refractivity contribution in [3.8, 4) is 0 Å². The van der Waals surface area contributed by atoms with Crippen molar-refractivity contribution in [3.63, 3.8) is 0 Å². The third kappa shape index (κ3) is 4.12. The average Bonchev–Trinajstić information content (AvgIpc) is 2.56. The Kier molecular flexibility index (Phi) is 4.99. The number of carbonyl (C=O) groups is 1. The van der Waals surface area contributed by atoms with E-state index in [0.29, 0.717) is 12.8 Å². The third-order valence-electron chi connectivity index (χ3n) is 4.14. The van der Waals surface area contributed by atoms with Crippen molar-refractivity contribution >= 4 is 22.0 Å². The molecule has 0 unspecified atom stereocenters. The number of amides is 1. The average molecular weight is 412 g/mol. The highest BCUT2D eigenvalue weighted by atomic mass is 79.9. The molecule has 1 heterocycles. The zero-order valence-corrected chi connectivity index (χ0v) is 14.8. The van der Waals surface area contributed by atoms with Crippen LogP contribution in [-0.2, 0) is 21.7 Å². The van der Waals surface area contributed by atoms with Crippen molar-refractivity contribution in [1.29, 1.82) is 0 Å². The van der Waals surface area contributed by atoms with E-state index in [-0.39, 0.29) is 12.4 Å². The number of alkyl carbamates (subject to hydrolysis) is 1. The molecule has 2 aromatic rings. The van der Waals surface area contributed by atoms with E-state index >= 15 is 0 Å². The number of halogens is 3. The lowest BCUT2D eigenvalue weighted by molar-refractivity contribution is 0.0972. The maximum absolute atomic E-state index is 13.4. The summed E-state index contributed by atoms with van der Waals surface area (Å²) in [7, 11) is 0. The van der Waals surface area contributed by atoms with Gasteiger partial charge in [0.25, 0.3) is 0 Å². The van der Waals surface area contributed by atoms with Gasteiger partial charge in [0.1, 0.15) is 17.8 Å². The Bertz CT molecular complexity index is 749. The van der Waals surface area contributed by atoms with E-state index in [2.05, 4.69) is 31.2 Å². The number of aromatic nitrogens is 2. The molecule has 0 atom stereocenters. The summed E-state index contributed by atoms with van der Waals surface area (Å²) in [5.41, 5.74) is -0.442. The zero-order chi connectivity index (χ0) is 17.9. The topological polar surface area (TPSA) is 64.1 Å². The molecule has 1 saturated carbocycles. The monoisotopic (exact) mass is 411 g/mol. The molecule has 3 rings (SSSR count). The number of nitrogens with one attached hydrogen (secondary N) is 1. The summed E-state index contributed by atoms with van der Waals surface area (Å²) in [6.07, 6.45) is 2.64. The number of rotatable bonds is 5. The van der Waals surface area contributed by atoms with Gasteiger partial charge in [0.2, 0.25) is 0 Å². The number of hydrogen-bond donors (Lipinski definition) is 1. The molecule has 5 nitrogen and oxygen atoms in total. The number of benzene rings is 1. The van der Waals surface area contributed by atoms with Crippen molar-refractivity contribution in [2.24, 2.45) is 0 Å². The van der Waals surface area contributed by atoms with Crippen LogP contribution in [0.1, 0.15) is 36.3 Å². The van der Waals surface area contributed by atoms with Crippen LogP contribution < -0.4 is 5.32 Å². The molecule has 0 radical (unpaired) electrons. The normalized spacial score (nSPS) is 16.0. The van der Waals surface area contributed by atoms with Crippen molar-refractivity contribution in [2.75, 3.05) is 0 Å². The molecule has 132 valence electrons. The first-order valence-electron chi connectivity index (χ1n) is 7.79. The molecule has 1 aromatic carbocycles. The van der Waals surface area contributed by atoms with Crippen LogP contribution in [0.4, 0.5) is 13.6 Å². The van der Waals surface area contributed by atoms with Gasteiger partial charge in [0, 0.05) is 6.20 Å². The second-order valence-corrected chi connectivity index (χ2v) is 6.88. The summed E-state index contributed by atoms with van der Waals surface area (Å²) in [5.74, 6) is 0.173. The molecule has 25 heavy (non-hydrogen) atoms. The molecule has 0 bridgehead atoms. The summed E-state index contributed by atoms with van der Waals surface area (Å²) in [6.45, 7) is 0.128. The van der Waals surface area contributed by atoms with Crippen LogP contribution in [0.3, 0.4) is 0 Å². The molecule has 0 aliphatic heterocycles. The van der Waals surface area contributed by atoms with Gasteiger partial charge in [-0.15, -0.1) is 0 Å². The fraction of sp³-hybridized carbons (Fsp3) is 0.353. The van der Waals surface area contributed by atoms with Gasteiger partial charge < -0.3 is 10.1 Å². The smallest absolute Gasteiger partial charge is 0.408 e. The second kappa shape index (κ2) is 7.03. The Morgan fingerprint density at radius 3 is 2.60 bits per heavy atom. The Labute approximate surface area is 152 Å². The minimum atomic E-state index is -3.25. The maximum atomic E-state index is 13.4. The quantitative estimate of drug-likeness (QED) is 0.747. The highest BCUT2D eigenvalue weighted by Crippen LogP contribution is 2.41. The summed E-state index contributed by atoms with van der Waals surface area (Å²) < 4.78 is 32.1. The Morgan fingerprint density at radius 1 is 1.28 bits per heavy atom. The fourth-order valence-electron chi connectivity index (χ4n) is 2.64. The lowest BCUT2D eigenvalue weighted by atomic mass is 9.76. The highest BCUT2D eigenvalue weighted by Gasteiger charge is 2.44. The molecular weight excluding hydrogens is 396 g/mol. The number of alkyl halides is 3. The third-order valence-corrected chi connectivity index (χ3v) is 4.54. The van der Waals surface area contributed by atoms with Crippen LogP contribution in [0.15, 0.2) is 42.6 Å². The summed E-state index contributed by atoms with van der Waals surface area (Å²) in [5, 5.41) is 2.75. The van der Waals surface area contributed by atoms with Crippen molar-refractivity contribution in [1.82, 2.24) is 15.3 Å². The first-order chi connectivity index (χ1) is 11.9. The van der Waals surface area contributed by atoms with Crippen LogP contribution in [0.25, 0.3) is 0 Å². The standard InChI is InChI=1S/C17H16BrF2N3O2/c18-17(19,20)13-7-10-21-14(22-13)16(8-4-9-16)23-15(24)25-11-12-5-2-1-3-6-12/h1-3,5-7,10H,4,8-9,11H2,(H,23,24). The molecule has 1 fully saturated rings. The lowest BCUT2D eigenvalue weighted by Crippen LogP contribution is -2.52. The Hall–Kier alpha value is -2.09. The van der Waals surface area contributed by atoms with Crippen LogP contribution >= 0.6 is 15.9 Å². The largest absolute Gasteiger partial charge is 0.445 e. The van der Waals surface area contributed by atoms with Crippen molar-refractivity contribution in [2.45, 2.75) is 36.2 Å². The molecule has 1 aliphatic carbocycles. The molecular formula is C17H16BrF2N3O2. The first kappa shape index (κ1) is 17.7. The van der Waals surface area contributed by atoms with Gasteiger partial charge in [-0.25, -0.2) is 14.8 Å². The minimum Gasteiger partial charge on any atom is -0.445 e. The van der Waals surface area contributed by atoms with Crippen LogP contribution in [-0.4, -0.2) is 16.1 Å². The maximum Gasteiger partial charge on any atom is 0.408 e. The van der Waals surface area contributed by atoms with E-state index in [4.69, 9.17) is 4.74 Å². The van der Waals surface area contributed by atoms with Gasteiger partial charge in [-0.1, -0.05) is 30.3 Å². The molecule has 1 aromatic heterocycles. The van der Waals surface area contributed by atoms with E-state index < -0.39 is 22.2 Å². The van der Waals surface area contributed by atoms with Crippen molar-refractivity contribution < 1.29 is 18.3 Å². The van der Waals surface area contributed by atoms with E-state index in [1.54, 1.807) is 0 Å². The summed E-state index contributed by atoms with van der Waals surface area (Å²) in [4.78, 5) is 16.9. The Balaban J connectivity index is 1.70. The van der Waals surface area contributed by atoms with Crippen LogP contribution in [0, 0.1) is 0 Å². The molecule has 0 saturated heterocycles. The van der Waals surface area contributed by atoms with E-state index in [0.717, 1.165) is 18.1 Å². The molecule has 0 spiro atoms. The SMILES string of the molecule is O=C(NC1(c2nccc(C(F)(F)Br)n2)CCC1)OCc1ccccc1. The highest BCUT2D eigenvalue weighted by molar-refractivity contribution is 9.09. The van der Waals surface area contributed by atoms with Gasteiger partial charge in [-0.05, 0) is 46.8 Å². The molecule has 1 amide bonds. The number of ether oxygens (including phenoxy) is 1. The van der Waals surface area contributed by atoms with Gasteiger partial charge in [-0.2, -0.15) is 8.78 Å². The van der Waals surface area contributed by atoms with Gasteiger partial charge in [0.05, 0.1) is 0 Å². The molecule has 1 aliphatic rings. The summed E-state index contributed by atoms with van der Waals surface area (Å²) in [6, 6.07) is 10.4. The molecule has 8 heteroatoms. The van der Waals surface area contributed by atoms with Crippen LogP contribution in [0.2, 0.25) is 0 Å². The van der Waals surface area contributed by atoms with E-state index in [1.165, 1.54) is 6.20 Å². The van der Waals surface area contributed by atoms with Gasteiger partial charge >= 0.3 is 10.9 Å². The number of carbonyl (C=O) groups excluding carboxylic acids is 1. The van der Waals surface area contributed by atoms with Crippen LogP contribution in [0.5, 0.6) is 0 Å². The fourth-order valence-corrected chi connectivity index (χ4v) is 2.86. The Morgan fingerprint density at radius 2 is 2.00 bits per heavy atom. The van der Waals surface area contributed by atoms with Gasteiger partial charge in [0.15, 0.2) is 5.82 Å². The first-order valence-corrected chi connectivity index (χ1v) is 8.58. The minimum absolute atomic E-state index is 0.128. The summed E-state index contributed by atoms with van der Waals surface area (Å²) >= 11 is 2.29. The molecule has 1 N–H and O–H groups in total. The zero-order valence-electron chi connectivity index (χ0n) is 13.2. The predicted octanol–water partition coefficient (Wildman–Crippen LogP) is 4.23. The predicted molar refractivity (Wildman–Crippen MR) is 90.1 cm³/mol. The van der Waals surface area contributed by atoms with Gasteiger partial charge in [-0.3, -0.25) is 0 Å². The number of hydrogen-bond acceptors (Lipinski definition) is 4. The second-order valence-electron chi connectivity index (χ2n) is 5.89.